The Labute approximate surface area is 334 Å². The fourth-order valence-corrected chi connectivity index (χ4v) is 5.84. The van der Waals surface area contributed by atoms with Crippen LogP contribution >= 0.6 is 0 Å². The fraction of sp³-hybridized carbons (Fsp3) is 0.417. The summed E-state index contributed by atoms with van der Waals surface area (Å²) in [6, 6.07) is 28.9. The Morgan fingerprint density at radius 3 is 1.14 bits per heavy atom. The minimum absolute atomic E-state index is 0.399. The van der Waals surface area contributed by atoms with Crippen LogP contribution in [0.3, 0.4) is 0 Å². The van der Waals surface area contributed by atoms with E-state index in [1.807, 2.05) is 61.0 Å². The molecule has 0 aliphatic carbocycles. The Bertz CT molecular complexity index is 1600. The lowest BCUT2D eigenvalue weighted by Crippen LogP contribution is -2.08. The van der Waals surface area contributed by atoms with Crippen molar-refractivity contribution in [3.63, 3.8) is 0 Å². The quantitative estimate of drug-likeness (QED) is 0.0260. The Morgan fingerprint density at radius 2 is 0.768 bits per heavy atom. The van der Waals surface area contributed by atoms with Crippen molar-refractivity contribution in [2.45, 2.75) is 104 Å². The highest BCUT2D eigenvalue weighted by Gasteiger charge is 2.10. The Balaban J connectivity index is 1.03. The molecular formula is C48H60N2O6. The highest BCUT2D eigenvalue weighted by atomic mass is 16.5. The summed E-state index contributed by atoms with van der Waals surface area (Å²) in [7, 11) is 0. The topological polar surface area (TPSA) is 95.8 Å². The van der Waals surface area contributed by atoms with Crippen LogP contribution in [0.4, 0.5) is 0 Å². The molecule has 0 amide bonds. The smallest absolute Gasteiger partial charge is 0.343 e. The van der Waals surface area contributed by atoms with Gasteiger partial charge in [0.05, 0.1) is 24.3 Å². The van der Waals surface area contributed by atoms with Crippen LogP contribution in [0.1, 0.15) is 136 Å². The highest BCUT2D eigenvalue weighted by Crippen LogP contribution is 2.19. The lowest BCUT2D eigenvalue weighted by atomic mass is 10.2. The first kappa shape index (κ1) is 43.5. The van der Waals surface area contributed by atoms with Crippen molar-refractivity contribution in [3.8, 4) is 23.0 Å². The molecule has 0 heterocycles. The van der Waals surface area contributed by atoms with Crippen LogP contribution in [-0.2, 0) is 0 Å². The second-order valence-corrected chi connectivity index (χ2v) is 14.0. The molecule has 4 aromatic rings. The average molecular weight is 761 g/mol. The van der Waals surface area contributed by atoms with Gasteiger partial charge in [0.15, 0.2) is 0 Å². The molecule has 0 unspecified atom stereocenters. The van der Waals surface area contributed by atoms with Crippen LogP contribution in [-0.4, -0.2) is 50.7 Å². The maximum Gasteiger partial charge on any atom is 0.343 e. The second kappa shape index (κ2) is 26.5. The number of hydrogen-bond donors (Lipinski definition) is 0. The fourth-order valence-electron chi connectivity index (χ4n) is 5.84. The molecule has 0 saturated carbocycles. The van der Waals surface area contributed by atoms with Gasteiger partial charge < -0.3 is 18.9 Å². The summed E-state index contributed by atoms with van der Waals surface area (Å²) in [5.41, 5.74) is 2.88. The summed E-state index contributed by atoms with van der Waals surface area (Å²) >= 11 is 0. The number of benzene rings is 4. The predicted octanol–water partition coefficient (Wildman–Crippen LogP) is 11.9. The number of aliphatic imine (C=N–C) groups is 2. The van der Waals surface area contributed by atoms with Gasteiger partial charge in [0.1, 0.15) is 23.0 Å². The van der Waals surface area contributed by atoms with Gasteiger partial charge in [0, 0.05) is 25.5 Å². The van der Waals surface area contributed by atoms with Crippen molar-refractivity contribution in [3.05, 3.63) is 119 Å². The van der Waals surface area contributed by atoms with Gasteiger partial charge in [-0.2, -0.15) is 0 Å². The molecule has 8 heteroatoms. The molecule has 4 aromatic carbocycles. The van der Waals surface area contributed by atoms with Gasteiger partial charge in [-0.3, -0.25) is 9.98 Å². The standard InChI is InChI=1S/C48H60N2O6/c1-3-5-7-11-15-35-53-43-29-21-41(22-30-43)47(51)55-45-25-17-39(18-26-45)37-49-33-13-9-10-14-34-50-38-40-19-27-46(28-20-40)56-48(52)42-23-31-44(32-24-42)54-36-16-12-8-6-4-2/h17-32,37-38H,3-16,33-36H2,1-2H3. The minimum Gasteiger partial charge on any atom is -0.494 e. The van der Waals surface area contributed by atoms with Gasteiger partial charge >= 0.3 is 11.9 Å². The molecule has 0 bridgehead atoms. The van der Waals surface area contributed by atoms with Crippen LogP contribution in [0.2, 0.25) is 0 Å². The summed E-state index contributed by atoms with van der Waals surface area (Å²) in [6.07, 6.45) is 19.8. The van der Waals surface area contributed by atoms with E-state index < -0.39 is 11.9 Å². The lowest BCUT2D eigenvalue weighted by molar-refractivity contribution is 0.0725. The summed E-state index contributed by atoms with van der Waals surface area (Å²) < 4.78 is 22.7. The molecule has 0 saturated heterocycles. The minimum atomic E-state index is -0.399. The highest BCUT2D eigenvalue weighted by molar-refractivity contribution is 5.92. The molecule has 0 aliphatic rings. The van der Waals surface area contributed by atoms with Gasteiger partial charge in [0.25, 0.3) is 0 Å². The second-order valence-electron chi connectivity index (χ2n) is 14.0. The number of esters is 2. The molecule has 298 valence electrons. The van der Waals surface area contributed by atoms with E-state index in [-0.39, 0.29) is 0 Å². The number of nitrogens with zero attached hydrogens (tertiary/aromatic N) is 2. The Kier molecular flexibility index (Phi) is 20.6. The first-order valence-corrected chi connectivity index (χ1v) is 20.6. The molecule has 0 N–H and O–H groups in total. The van der Waals surface area contributed by atoms with Gasteiger partial charge in [0.2, 0.25) is 0 Å². The number of unbranched alkanes of at least 4 members (excludes halogenated alkanes) is 11. The Hall–Kier alpha value is -5.24. The summed E-state index contributed by atoms with van der Waals surface area (Å²) in [5.74, 6) is 1.72. The van der Waals surface area contributed by atoms with Crippen molar-refractivity contribution in [1.29, 1.82) is 0 Å². The monoisotopic (exact) mass is 760 g/mol. The molecular weight excluding hydrogens is 701 g/mol. The predicted molar refractivity (Wildman–Crippen MR) is 228 cm³/mol. The number of ether oxygens (including phenoxy) is 4. The SMILES string of the molecule is CCCCCCCOc1ccc(C(=O)Oc2ccc(C=NCCCCCCN=Cc3ccc(OC(=O)c4ccc(OCCCCCCC)cc4)cc3)cc2)cc1. The van der Waals surface area contributed by atoms with E-state index in [4.69, 9.17) is 18.9 Å². The van der Waals surface area contributed by atoms with Gasteiger partial charge in [-0.05, 0) is 134 Å². The molecule has 0 spiro atoms. The van der Waals surface area contributed by atoms with E-state index in [1.165, 1.54) is 51.4 Å². The van der Waals surface area contributed by atoms with Crippen LogP contribution in [0, 0.1) is 0 Å². The number of carbonyl (C=O) groups excluding carboxylic acids is 2. The summed E-state index contributed by atoms with van der Waals surface area (Å²) in [5, 5.41) is 0. The van der Waals surface area contributed by atoms with E-state index in [0.717, 1.165) is 74.2 Å². The molecule has 56 heavy (non-hydrogen) atoms. The summed E-state index contributed by atoms with van der Waals surface area (Å²) in [6.45, 7) is 7.31. The van der Waals surface area contributed by atoms with Crippen LogP contribution in [0.15, 0.2) is 107 Å². The third-order valence-corrected chi connectivity index (χ3v) is 9.20. The molecule has 0 aromatic heterocycles. The van der Waals surface area contributed by atoms with Crippen LogP contribution < -0.4 is 18.9 Å². The van der Waals surface area contributed by atoms with E-state index in [9.17, 15) is 9.59 Å². The van der Waals surface area contributed by atoms with Gasteiger partial charge in [-0.15, -0.1) is 0 Å². The molecule has 4 rings (SSSR count). The molecule has 8 nitrogen and oxygen atoms in total. The first-order chi connectivity index (χ1) is 27.5. The average Bonchev–Trinajstić information content (AvgIpc) is 3.22. The van der Waals surface area contributed by atoms with Gasteiger partial charge in [-0.1, -0.05) is 78.1 Å². The van der Waals surface area contributed by atoms with Crippen molar-refractivity contribution >= 4 is 24.4 Å². The summed E-state index contributed by atoms with van der Waals surface area (Å²) in [4.78, 5) is 34.3. The number of hydrogen-bond acceptors (Lipinski definition) is 8. The number of rotatable bonds is 27. The zero-order valence-corrected chi connectivity index (χ0v) is 33.5. The largest absolute Gasteiger partial charge is 0.494 e. The van der Waals surface area contributed by atoms with Crippen molar-refractivity contribution in [1.82, 2.24) is 0 Å². The van der Waals surface area contributed by atoms with E-state index in [0.29, 0.717) is 35.8 Å². The van der Waals surface area contributed by atoms with E-state index in [2.05, 4.69) is 23.8 Å². The normalized spacial score (nSPS) is 11.2. The van der Waals surface area contributed by atoms with Crippen molar-refractivity contribution in [2.24, 2.45) is 9.98 Å². The first-order valence-electron chi connectivity index (χ1n) is 20.6. The lowest BCUT2D eigenvalue weighted by Gasteiger charge is -2.08. The Morgan fingerprint density at radius 1 is 0.429 bits per heavy atom. The third-order valence-electron chi connectivity index (χ3n) is 9.20. The van der Waals surface area contributed by atoms with Crippen LogP contribution in [0.25, 0.3) is 0 Å². The van der Waals surface area contributed by atoms with Crippen LogP contribution in [0.5, 0.6) is 23.0 Å². The zero-order chi connectivity index (χ0) is 39.5. The van der Waals surface area contributed by atoms with E-state index >= 15 is 0 Å². The van der Waals surface area contributed by atoms with E-state index in [1.54, 1.807) is 48.5 Å². The molecule has 0 fully saturated rings. The molecule has 0 aliphatic heterocycles. The zero-order valence-electron chi connectivity index (χ0n) is 33.5. The van der Waals surface area contributed by atoms with Crippen molar-refractivity contribution < 1.29 is 28.5 Å². The maximum atomic E-state index is 12.6. The van der Waals surface area contributed by atoms with Crippen molar-refractivity contribution in [2.75, 3.05) is 26.3 Å². The third kappa shape index (κ3) is 17.5. The van der Waals surface area contributed by atoms with Gasteiger partial charge in [-0.25, -0.2) is 9.59 Å². The molecule has 0 radical (unpaired) electrons. The molecule has 0 atom stereocenters. The maximum absolute atomic E-state index is 12.6. The number of carbonyl (C=O) groups is 2.